The van der Waals surface area contributed by atoms with E-state index in [1.165, 1.54) is 26.2 Å². The monoisotopic (exact) mass is 278 g/mol. The number of esters is 1. The first-order valence-electron chi connectivity index (χ1n) is 6.11. The molecule has 1 unspecified atom stereocenters. The first kappa shape index (κ1) is 14.0. The molecule has 0 radical (unpaired) electrons. The molecule has 106 valence electrons. The van der Waals surface area contributed by atoms with Crippen LogP contribution in [0.3, 0.4) is 0 Å². The van der Waals surface area contributed by atoms with Gasteiger partial charge in [-0.1, -0.05) is 0 Å². The Balaban J connectivity index is 2.28. The molecular formula is C14H15FN2O3. The third-order valence-electron chi connectivity index (χ3n) is 3.02. The largest absolute Gasteiger partial charge is 0.467 e. The van der Waals surface area contributed by atoms with E-state index < -0.39 is 12.0 Å². The van der Waals surface area contributed by atoms with Crippen LogP contribution in [0.25, 0.3) is 10.9 Å². The van der Waals surface area contributed by atoms with Crippen molar-refractivity contribution < 1.29 is 18.7 Å². The highest BCUT2D eigenvalue weighted by atomic mass is 19.1. The Labute approximate surface area is 115 Å². The molecule has 0 aliphatic rings. The van der Waals surface area contributed by atoms with Crippen LogP contribution in [-0.2, 0) is 20.7 Å². The molecule has 1 atom stereocenters. The van der Waals surface area contributed by atoms with Gasteiger partial charge < -0.3 is 15.0 Å². The van der Waals surface area contributed by atoms with Crippen LogP contribution in [0.4, 0.5) is 4.39 Å². The van der Waals surface area contributed by atoms with Crippen LogP contribution in [0, 0.1) is 5.82 Å². The molecule has 20 heavy (non-hydrogen) atoms. The average molecular weight is 278 g/mol. The molecule has 0 aliphatic carbocycles. The molecule has 0 saturated heterocycles. The van der Waals surface area contributed by atoms with Gasteiger partial charge in [0.05, 0.1) is 7.11 Å². The van der Waals surface area contributed by atoms with Crippen molar-refractivity contribution in [3.63, 3.8) is 0 Å². The van der Waals surface area contributed by atoms with E-state index >= 15 is 0 Å². The van der Waals surface area contributed by atoms with Gasteiger partial charge >= 0.3 is 5.97 Å². The summed E-state index contributed by atoms with van der Waals surface area (Å²) >= 11 is 0. The lowest BCUT2D eigenvalue weighted by molar-refractivity contribution is -0.144. The molecule has 2 rings (SSSR count). The van der Waals surface area contributed by atoms with Crippen LogP contribution >= 0.6 is 0 Å². The maximum Gasteiger partial charge on any atom is 0.328 e. The predicted molar refractivity (Wildman–Crippen MR) is 71.6 cm³/mol. The lowest BCUT2D eigenvalue weighted by Gasteiger charge is -2.14. The zero-order valence-corrected chi connectivity index (χ0v) is 11.2. The van der Waals surface area contributed by atoms with Crippen molar-refractivity contribution >= 4 is 22.8 Å². The third kappa shape index (κ3) is 2.96. The van der Waals surface area contributed by atoms with Gasteiger partial charge in [-0.3, -0.25) is 4.79 Å². The number of rotatable bonds is 4. The van der Waals surface area contributed by atoms with Crippen molar-refractivity contribution in [1.82, 2.24) is 10.3 Å². The molecule has 1 amide bonds. The molecule has 5 nitrogen and oxygen atoms in total. The third-order valence-corrected chi connectivity index (χ3v) is 3.02. The van der Waals surface area contributed by atoms with E-state index in [2.05, 4.69) is 15.0 Å². The average Bonchev–Trinajstić information content (AvgIpc) is 2.78. The minimum Gasteiger partial charge on any atom is -0.467 e. The van der Waals surface area contributed by atoms with Gasteiger partial charge in [-0.05, 0) is 23.8 Å². The number of hydrogen-bond acceptors (Lipinski definition) is 3. The number of H-pyrrole nitrogens is 1. The second-order valence-electron chi connectivity index (χ2n) is 4.48. The van der Waals surface area contributed by atoms with Gasteiger partial charge in [-0.2, -0.15) is 0 Å². The van der Waals surface area contributed by atoms with Crippen molar-refractivity contribution in [1.29, 1.82) is 0 Å². The predicted octanol–water partition coefficient (Wildman–Crippen LogP) is 1.53. The van der Waals surface area contributed by atoms with Crippen LogP contribution in [-0.4, -0.2) is 30.0 Å². The molecule has 1 aromatic carbocycles. The maximum atomic E-state index is 13.1. The van der Waals surface area contributed by atoms with Crippen LogP contribution in [0.2, 0.25) is 0 Å². The van der Waals surface area contributed by atoms with Gasteiger partial charge in [0.15, 0.2) is 0 Å². The van der Waals surface area contributed by atoms with E-state index in [0.717, 1.165) is 10.9 Å². The Kier molecular flexibility index (Phi) is 4.02. The Morgan fingerprint density at radius 3 is 2.85 bits per heavy atom. The number of benzene rings is 1. The van der Waals surface area contributed by atoms with Gasteiger partial charge in [-0.25, -0.2) is 9.18 Å². The molecule has 1 heterocycles. The standard InChI is InChI=1S/C14H15FN2O3/c1-8(18)17-13(14(19)20-2)5-9-7-16-12-6-10(15)3-4-11(9)12/h3-4,6-7,13,16H,5H2,1-2H3,(H,17,18). The first-order chi connectivity index (χ1) is 9.51. The molecule has 0 aliphatic heterocycles. The number of carbonyl (C=O) groups excluding carboxylic acids is 2. The summed E-state index contributed by atoms with van der Waals surface area (Å²) in [5, 5.41) is 3.35. The maximum absolute atomic E-state index is 13.1. The molecule has 1 aromatic heterocycles. The minimum absolute atomic E-state index is 0.276. The van der Waals surface area contributed by atoms with Crippen molar-refractivity contribution in [2.75, 3.05) is 7.11 Å². The normalized spacial score (nSPS) is 12.2. The molecular weight excluding hydrogens is 263 g/mol. The number of hydrogen-bond donors (Lipinski definition) is 2. The molecule has 2 N–H and O–H groups in total. The topological polar surface area (TPSA) is 71.2 Å². The lowest BCUT2D eigenvalue weighted by atomic mass is 10.0. The number of aromatic amines is 1. The second-order valence-corrected chi connectivity index (χ2v) is 4.48. The first-order valence-corrected chi connectivity index (χ1v) is 6.11. The summed E-state index contributed by atoms with van der Waals surface area (Å²) in [5.74, 6) is -1.17. The summed E-state index contributed by atoms with van der Waals surface area (Å²) in [4.78, 5) is 25.7. The van der Waals surface area contributed by atoms with Crippen LogP contribution in [0.5, 0.6) is 0 Å². The van der Waals surface area contributed by atoms with Crippen molar-refractivity contribution in [2.24, 2.45) is 0 Å². The molecule has 6 heteroatoms. The molecule has 0 fully saturated rings. The van der Waals surface area contributed by atoms with Gasteiger partial charge in [0.25, 0.3) is 0 Å². The summed E-state index contributed by atoms with van der Waals surface area (Å²) in [6.07, 6.45) is 1.97. The number of amides is 1. The van der Waals surface area contributed by atoms with Crippen LogP contribution < -0.4 is 5.32 Å². The summed E-state index contributed by atoms with van der Waals surface area (Å²) in [6, 6.07) is 3.61. The summed E-state index contributed by atoms with van der Waals surface area (Å²) < 4.78 is 17.8. The second kappa shape index (κ2) is 5.73. The number of nitrogens with one attached hydrogen (secondary N) is 2. The smallest absolute Gasteiger partial charge is 0.328 e. The minimum atomic E-state index is -0.762. The zero-order chi connectivity index (χ0) is 14.7. The van der Waals surface area contributed by atoms with Crippen LogP contribution in [0.1, 0.15) is 12.5 Å². The Hall–Kier alpha value is -2.37. The van der Waals surface area contributed by atoms with Gasteiger partial charge in [0, 0.05) is 30.4 Å². The van der Waals surface area contributed by atoms with Crippen molar-refractivity contribution in [2.45, 2.75) is 19.4 Å². The molecule has 0 spiro atoms. The van der Waals surface area contributed by atoms with E-state index in [9.17, 15) is 14.0 Å². The van der Waals surface area contributed by atoms with E-state index in [1.54, 1.807) is 12.3 Å². The van der Waals surface area contributed by atoms with E-state index in [-0.39, 0.29) is 18.1 Å². The fraction of sp³-hybridized carbons (Fsp3) is 0.286. The lowest BCUT2D eigenvalue weighted by Crippen LogP contribution is -2.41. The van der Waals surface area contributed by atoms with E-state index in [1.807, 2.05) is 0 Å². The molecule has 0 bridgehead atoms. The van der Waals surface area contributed by atoms with Gasteiger partial charge in [0.1, 0.15) is 11.9 Å². The molecule has 0 saturated carbocycles. The van der Waals surface area contributed by atoms with Gasteiger partial charge in [0.2, 0.25) is 5.91 Å². The van der Waals surface area contributed by atoms with Crippen LogP contribution in [0.15, 0.2) is 24.4 Å². The summed E-state index contributed by atoms with van der Waals surface area (Å²) in [7, 11) is 1.27. The van der Waals surface area contributed by atoms with E-state index in [4.69, 9.17) is 0 Å². The zero-order valence-electron chi connectivity index (χ0n) is 11.2. The highest BCUT2D eigenvalue weighted by Crippen LogP contribution is 2.20. The Morgan fingerprint density at radius 2 is 2.20 bits per heavy atom. The van der Waals surface area contributed by atoms with E-state index in [0.29, 0.717) is 5.52 Å². The number of halogens is 1. The number of methoxy groups -OCH3 is 1. The Morgan fingerprint density at radius 1 is 1.45 bits per heavy atom. The summed E-state index contributed by atoms with van der Waals surface area (Å²) in [6.45, 7) is 1.33. The van der Waals surface area contributed by atoms with Crippen molar-refractivity contribution in [3.8, 4) is 0 Å². The fourth-order valence-corrected chi connectivity index (χ4v) is 2.13. The Bertz CT molecular complexity index is 651. The van der Waals surface area contributed by atoms with Gasteiger partial charge in [-0.15, -0.1) is 0 Å². The summed E-state index contributed by atoms with van der Waals surface area (Å²) in [5.41, 5.74) is 1.45. The highest BCUT2D eigenvalue weighted by Gasteiger charge is 2.22. The number of aromatic nitrogens is 1. The quantitative estimate of drug-likeness (QED) is 0.833. The number of ether oxygens (including phenoxy) is 1. The number of carbonyl (C=O) groups is 2. The molecule has 2 aromatic rings. The highest BCUT2D eigenvalue weighted by molar-refractivity contribution is 5.86. The van der Waals surface area contributed by atoms with Crippen molar-refractivity contribution in [3.05, 3.63) is 35.8 Å². The SMILES string of the molecule is COC(=O)C(Cc1c[nH]c2cc(F)ccc12)NC(C)=O. The number of fused-ring (bicyclic) bond motifs is 1. The fourth-order valence-electron chi connectivity index (χ4n) is 2.13.